The molecule has 4 heteroatoms. The summed E-state index contributed by atoms with van der Waals surface area (Å²) in [4.78, 5) is 16.9. The van der Waals surface area contributed by atoms with E-state index in [2.05, 4.69) is 15.6 Å². The number of amides is 1. The molecule has 24 heavy (non-hydrogen) atoms. The van der Waals surface area contributed by atoms with Gasteiger partial charge < -0.3 is 10.6 Å². The molecule has 1 aromatic carbocycles. The number of guanidine groups is 1. The van der Waals surface area contributed by atoms with E-state index < -0.39 is 0 Å². The van der Waals surface area contributed by atoms with Gasteiger partial charge in [0.05, 0.1) is 0 Å². The monoisotopic (exact) mass is 327 g/mol. The number of aliphatic imine (C=N–C) groups is 1. The van der Waals surface area contributed by atoms with E-state index >= 15 is 0 Å². The molecule has 0 bridgehead atoms. The maximum atomic E-state index is 12.5. The third-order valence-electron chi connectivity index (χ3n) is 5.13. The van der Waals surface area contributed by atoms with Crippen molar-refractivity contribution in [3.63, 3.8) is 0 Å². The Morgan fingerprint density at radius 3 is 1.79 bits per heavy atom. The Morgan fingerprint density at radius 2 is 1.29 bits per heavy atom. The molecule has 130 valence electrons. The quantitative estimate of drug-likeness (QED) is 0.651. The largest absolute Gasteiger partial charge is 0.353 e. The molecule has 0 aliphatic heterocycles. The van der Waals surface area contributed by atoms with Crippen molar-refractivity contribution in [3.8, 4) is 0 Å². The zero-order valence-corrected chi connectivity index (χ0v) is 14.5. The highest BCUT2D eigenvalue weighted by Gasteiger charge is 2.19. The summed E-state index contributed by atoms with van der Waals surface area (Å²) in [6.45, 7) is 0. The first kappa shape index (κ1) is 17.0. The average Bonchev–Trinajstić information content (AvgIpc) is 2.64. The van der Waals surface area contributed by atoms with Gasteiger partial charge in [-0.3, -0.25) is 4.79 Å². The van der Waals surface area contributed by atoms with Crippen LogP contribution in [0.15, 0.2) is 35.3 Å². The Hall–Kier alpha value is -1.84. The molecule has 0 atom stereocenters. The fraction of sp³-hybridized carbons (Fsp3) is 0.600. The molecule has 0 aromatic heterocycles. The highest BCUT2D eigenvalue weighted by molar-refractivity contribution is 6.02. The molecule has 0 saturated heterocycles. The van der Waals surface area contributed by atoms with E-state index in [0.29, 0.717) is 23.6 Å². The van der Waals surface area contributed by atoms with Crippen LogP contribution in [0.3, 0.4) is 0 Å². The Morgan fingerprint density at radius 1 is 0.792 bits per heavy atom. The molecule has 4 nitrogen and oxygen atoms in total. The van der Waals surface area contributed by atoms with Crippen LogP contribution in [-0.2, 0) is 0 Å². The van der Waals surface area contributed by atoms with Gasteiger partial charge in [-0.05, 0) is 37.8 Å². The SMILES string of the molecule is O=C(N=C(NC1CCCCC1)NC1CCCCC1)c1ccccc1. The van der Waals surface area contributed by atoms with E-state index in [1.807, 2.05) is 30.3 Å². The highest BCUT2D eigenvalue weighted by Crippen LogP contribution is 2.19. The first-order chi connectivity index (χ1) is 11.8. The van der Waals surface area contributed by atoms with Crippen LogP contribution in [0, 0.1) is 0 Å². The molecule has 0 radical (unpaired) electrons. The number of hydrogen-bond donors (Lipinski definition) is 2. The van der Waals surface area contributed by atoms with Crippen LogP contribution >= 0.6 is 0 Å². The third kappa shape index (κ3) is 5.08. The van der Waals surface area contributed by atoms with Gasteiger partial charge in [-0.25, -0.2) is 0 Å². The zero-order chi connectivity index (χ0) is 16.6. The topological polar surface area (TPSA) is 53.5 Å². The minimum atomic E-state index is -0.169. The number of rotatable bonds is 3. The van der Waals surface area contributed by atoms with Crippen molar-refractivity contribution in [1.82, 2.24) is 10.6 Å². The number of nitrogens with one attached hydrogen (secondary N) is 2. The van der Waals surface area contributed by atoms with Crippen molar-refractivity contribution >= 4 is 11.9 Å². The van der Waals surface area contributed by atoms with Crippen LogP contribution < -0.4 is 10.6 Å². The lowest BCUT2D eigenvalue weighted by atomic mass is 9.95. The number of hydrogen-bond acceptors (Lipinski definition) is 1. The van der Waals surface area contributed by atoms with Gasteiger partial charge in [0.25, 0.3) is 5.91 Å². The molecule has 1 aromatic rings. The van der Waals surface area contributed by atoms with Crippen molar-refractivity contribution < 1.29 is 4.79 Å². The lowest BCUT2D eigenvalue weighted by Crippen LogP contribution is -2.48. The number of nitrogens with zero attached hydrogens (tertiary/aromatic N) is 1. The zero-order valence-electron chi connectivity index (χ0n) is 14.5. The first-order valence-corrected chi connectivity index (χ1v) is 9.52. The Labute approximate surface area is 145 Å². The normalized spacial score (nSPS) is 19.5. The second-order valence-electron chi connectivity index (χ2n) is 7.09. The summed E-state index contributed by atoms with van der Waals surface area (Å²) in [6.07, 6.45) is 12.4. The second-order valence-corrected chi connectivity index (χ2v) is 7.09. The van der Waals surface area contributed by atoms with E-state index in [9.17, 15) is 4.79 Å². The van der Waals surface area contributed by atoms with Crippen molar-refractivity contribution in [2.24, 2.45) is 4.99 Å². The van der Waals surface area contributed by atoms with E-state index in [1.54, 1.807) is 0 Å². The number of carbonyl (C=O) groups is 1. The van der Waals surface area contributed by atoms with Crippen LogP contribution in [0.5, 0.6) is 0 Å². The minimum absolute atomic E-state index is 0.169. The van der Waals surface area contributed by atoms with Gasteiger partial charge in [-0.1, -0.05) is 56.7 Å². The van der Waals surface area contributed by atoms with E-state index in [1.165, 1.54) is 64.2 Å². The summed E-state index contributed by atoms with van der Waals surface area (Å²) in [5, 5.41) is 7.04. The summed E-state index contributed by atoms with van der Waals surface area (Å²) in [5.41, 5.74) is 0.644. The molecule has 2 aliphatic carbocycles. The first-order valence-electron chi connectivity index (χ1n) is 9.52. The highest BCUT2D eigenvalue weighted by atomic mass is 16.1. The fourth-order valence-corrected chi connectivity index (χ4v) is 3.73. The number of benzene rings is 1. The predicted molar refractivity (Wildman–Crippen MR) is 98.2 cm³/mol. The van der Waals surface area contributed by atoms with Crippen LogP contribution in [0.25, 0.3) is 0 Å². The average molecular weight is 327 g/mol. The molecule has 2 fully saturated rings. The van der Waals surface area contributed by atoms with Crippen molar-refractivity contribution in [2.75, 3.05) is 0 Å². The molecule has 0 unspecified atom stereocenters. The van der Waals surface area contributed by atoms with E-state index in [-0.39, 0.29) is 5.91 Å². The van der Waals surface area contributed by atoms with Gasteiger partial charge in [-0.15, -0.1) is 0 Å². The summed E-state index contributed by atoms with van der Waals surface area (Å²) < 4.78 is 0. The lowest BCUT2D eigenvalue weighted by molar-refractivity contribution is 0.100. The Balaban J connectivity index is 1.69. The van der Waals surface area contributed by atoms with Crippen LogP contribution in [-0.4, -0.2) is 24.0 Å². The summed E-state index contributed by atoms with van der Waals surface area (Å²) in [6, 6.07) is 10.2. The molecular formula is C20H29N3O. The standard InChI is InChI=1S/C20H29N3O/c24-19(16-10-4-1-5-11-16)23-20(21-17-12-6-2-7-13-17)22-18-14-8-3-9-15-18/h1,4-5,10-11,17-18H,2-3,6-9,12-15H2,(H2,21,22,23,24). The van der Waals surface area contributed by atoms with Gasteiger partial charge >= 0.3 is 0 Å². The maximum absolute atomic E-state index is 12.5. The summed E-state index contributed by atoms with van der Waals surface area (Å²) >= 11 is 0. The van der Waals surface area contributed by atoms with Crippen LogP contribution in [0.4, 0.5) is 0 Å². The van der Waals surface area contributed by atoms with Gasteiger partial charge in [0.1, 0.15) is 0 Å². The molecular weight excluding hydrogens is 298 g/mol. The molecule has 2 N–H and O–H groups in total. The van der Waals surface area contributed by atoms with Crippen LogP contribution in [0.1, 0.15) is 74.6 Å². The van der Waals surface area contributed by atoms with Crippen molar-refractivity contribution in [1.29, 1.82) is 0 Å². The third-order valence-corrected chi connectivity index (χ3v) is 5.13. The molecule has 2 saturated carbocycles. The molecule has 0 heterocycles. The summed E-state index contributed by atoms with van der Waals surface area (Å²) in [7, 11) is 0. The Bertz CT molecular complexity index is 521. The van der Waals surface area contributed by atoms with Crippen molar-refractivity contribution in [3.05, 3.63) is 35.9 Å². The molecule has 3 rings (SSSR count). The van der Waals surface area contributed by atoms with E-state index in [0.717, 1.165) is 0 Å². The van der Waals surface area contributed by atoms with Gasteiger partial charge in [0.15, 0.2) is 5.96 Å². The smallest absolute Gasteiger partial charge is 0.280 e. The number of carbonyl (C=O) groups excluding carboxylic acids is 1. The minimum Gasteiger partial charge on any atom is -0.353 e. The Kier molecular flexibility index (Phi) is 6.27. The second kappa shape index (κ2) is 8.86. The predicted octanol–water partition coefficient (Wildman–Crippen LogP) is 4.03. The lowest BCUT2D eigenvalue weighted by Gasteiger charge is -2.29. The van der Waals surface area contributed by atoms with Crippen molar-refractivity contribution in [2.45, 2.75) is 76.3 Å². The fourth-order valence-electron chi connectivity index (χ4n) is 3.73. The van der Waals surface area contributed by atoms with Gasteiger partial charge in [0.2, 0.25) is 0 Å². The molecule has 2 aliphatic rings. The van der Waals surface area contributed by atoms with E-state index in [4.69, 9.17) is 0 Å². The van der Waals surface area contributed by atoms with Gasteiger partial charge in [-0.2, -0.15) is 4.99 Å². The molecule has 0 spiro atoms. The maximum Gasteiger partial charge on any atom is 0.280 e. The molecule has 1 amide bonds. The summed E-state index contributed by atoms with van der Waals surface area (Å²) in [5.74, 6) is 0.514. The van der Waals surface area contributed by atoms with Gasteiger partial charge in [0, 0.05) is 17.6 Å². The van der Waals surface area contributed by atoms with Crippen LogP contribution in [0.2, 0.25) is 0 Å².